The molecule has 0 bridgehead atoms. The maximum Gasteiger partial charge on any atom is 0.343 e. The zero-order chi connectivity index (χ0) is 34.4. The van der Waals surface area contributed by atoms with Crippen LogP contribution >= 0.6 is 38.9 Å². The molecule has 0 saturated heterocycles. The summed E-state index contributed by atoms with van der Waals surface area (Å²) in [6, 6.07) is 17.1. The van der Waals surface area contributed by atoms with Gasteiger partial charge in [-0.3, -0.25) is 9.36 Å². The summed E-state index contributed by atoms with van der Waals surface area (Å²) < 4.78 is 30.5. The number of rotatable bonds is 12. The second-order valence-corrected chi connectivity index (χ2v) is 12.8. The van der Waals surface area contributed by atoms with Crippen LogP contribution in [0.1, 0.15) is 43.5 Å². The molecule has 48 heavy (non-hydrogen) atoms. The lowest BCUT2D eigenvalue weighted by Crippen LogP contribution is -2.40. The maximum atomic E-state index is 14.3. The SMILES string of the molecule is CCOC(=O)C1=C(C)N=c2s/c(=C/c3cc(Cl)ccc3OCc3ccc(Br)cc3)c(=O)n2[C@H]1c1ccc(OCC(=O)OC)c(OCC)c1. The number of esters is 2. The van der Waals surface area contributed by atoms with E-state index >= 15 is 0 Å². The average Bonchev–Trinajstić information content (AvgIpc) is 3.37. The molecular formula is C35H32BrClN2O8S. The molecule has 5 rings (SSSR count). The lowest BCUT2D eigenvalue weighted by atomic mass is 9.95. The van der Waals surface area contributed by atoms with Gasteiger partial charge in [0.1, 0.15) is 12.4 Å². The first-order valence-corrected chi connectivity index (χ1v) is 16.9. The highest BCUT2D eigenvalue weighted by Gasteiger charge is 2.34. The number of carbonyl (C=O) groups excluding carboxylic acids is 2. The van der Waals surface area contributed by atoms with Crippen LogP contribution < -0.4 is 29.1 Å². The van der Waals surface area contributed by atoms with E-state index in [1.807, 2.05) is 24.3 Å². The third-order valence-electron chi connectivity index (χ3n) is 7.24. The summed E-state index contributed by atoms with van der Waals surface area (Å²) in [6.07, 6.45) is 1.71. The molecule has 0 fully saturated rings. The number of halogens is 2. The monoisotopic (exact) mass is 754 g/mol. The van der Waals surface area contributed by atoms with Gasteiger partial charge in [-0.2, -0.15) is 0 Å². The van der Waals surface area contributed by atoms with Crippen molar-refractivity contribution < 1.29 is 33.3 Å². The maximum absolute atomic E-state index is 14.3. The molecule has 1 aromatic heterocycles. The number of allylic oxidation sites excluding steroid dienone is 1. The van der Waals surface area contributed by atoms with Crippen LogP contribution in [0.5, 0.6) is 17.2 Å². The van der Waals surface area contributed by atoms with Gasteiger partial charge in [0, 0.05) is 15.1 Å². The molecule has 0 N–H and O–H groups in total. The molecular weight excluding hydrogens is 724 g/mol. The van der Waals surface area contributed by atoms with Gasteiger partial charge in [0.25, 0.3) is 5.56 Å². The fourth-order valence-electron chi connectivity index (χ4n) is 5.03. The number of carbonyl (C=O) groups is 2. The average molecular weight is 756 g/mol. The van der Waals surface area contributed by atoms with Crippen molar-refractivity contribution in [1.82, 2.24) is 4.57 Å². The predicted molar refractivity (Wildman–Crippen MR) is 185 cm³/mol. The number of nitrogens with zero attached hydrogens (tertiary/aromatic N) is 2. The fraction of sp³-hybridized carbons (Fsp3) is 0.257. The summed E-state index contributed by atoms with van der Waals surface area (Å²) in [4.78, 5) is 44.4. The Kier molecular flexibility index (Phi) is 11.4. The summed E-state index contributed by atoms with van der Waals surface area (Å²) in [5.41, 5.74) is 2.37. The molecule has 0 aliphatic carbocycles. The highest BCUT2D eigenvalue weighted by molar-refractivity contribution is 9.10. The van der Waals surface area contributed by atoms with Crippen LogP contribution in [0.15, 0.2) is 86.2 Å². The van der Waals surface area contributed by atoms with E-state index in [4.69, 9.17) is 30.5 Å². The minimum Gasteiger partial charge on any atom is -0.490 e. The Labute approximate surface area is 294 Å². The number of benzene rings is 3. The van der Waals surface area contributed by atoms with Crippen molar-refractivity contribution in [3.8, 4) is 17.2 Å². The lowest BCUT2D eigenvalue weighted by molar-refractivity contribution is -0.143. The van der Waals surface area contributed by atoms with Gasteiger partial charge < -0.3 is 23.7 Å². The van der Waals surface area contributed by atoms with E-state index in [0.717, 1.165) is 10.0 Å². The Morgan fingerprint density at radius 3 is 2.44 bits per heavy atom. The van der Waals surface area contributed by atoms with Crippen molar-refractivity contribution in [1.29, 1.82) is 0 Å². The number of hydrogen-bond acceptors (Lipinski definition) is 10. The van der Waals surface area contributed by atoms with Crippen molar-refractivity contribution in [2.24, 2.45) is 4.99 Å². The number of methoxy groups -OCH3 is 1. The highest BCUT2D eigenvalue weighted by Crippen LogP contribution is 2.36. The first kappa shape index (κ1) is 34.9. The van der Waals surface area contributed by atoms with Crippen molar-refractivity contribution in [2.75, 3.05) is 26.9 Å². The van der Waals surface area contributed by atoms with Crippen molar-refractivity contribution in [3.05, 3.63) is 118 Å². The number of ether oxygens (including phenoxy) is 5. The minimum atomic E-state index is -0.899. The predicted octanol–water partition coefficient (Wildman–Crippen LogP) is 5.74. The second kappa shape index (κ2) is 15.7. The van der Waals surface area contributed by atoms with E-state index in [1.54, 1.807) is 63.2 Å². The van der Waals surface area contributed by atoms with Crippen LogP contribution in [0, 0.1) is 0 Å². The molecule has 0 amide bonds. The van der Waals surface area contributed by atoms with Gasteiger partial charge in [-0.1, -0.05) is 57.1 Å². The van der Waals surface area contributed by atoms with Gasteiger partial charge in [0.15, 0.2) is 22.9 Å². The Balaban J connectivity index is 1.61. The van der Waals surface area contributed by atoms with E-state index in [2.05, 4.69) is 25.7 Å². The number of thiazole rings is 1. The molecule has 0 unspecified atom stereocenters. The molecule has 1 atom stereocenters. The normalized spacial score (nSPS) is 14.2. The first-order chi connectivity index (χ1) is 23.1. The van der Waals surface area contributed by atoms with Gasteiger partial charge in [0.05, 0.1) is 42.2 Å². The van der Waals surface area contributed by atoms with Crippen molar-refractivity contribution in [2.45, 2.75) is 33.4 Å². The van der Waals surface area contributed by atoms with Gasteiger partial charge >= 0.3 is 11.9 Å². The smallest absolute Gasteiger partial charge is 0.343 e. The molecule has 0 radical (unpaired) electrons. The first-order valence-electron chi connectivity index (χ1n) is 15.0. The molecule has 1 aliphatic rings. The van der Waals surface area contributed by atoms with Gasteiger partial charge in [-0.05, 0) is 80.4 Å². The number of aromatic nitrogens is 1. The third-order valence-corrected chi connectivity index (χ3v) is 8.99. The van der Waals surface area contributed by atoms with Gasteiger partial charge in [-0.15, -0.1) is 0 Å². The summed E-state index contributed by atoms with van der Waals surface area (Å²) in [5.74, 6) is 0.00895. The Bertz CT molecular complexity index is 2060. The molecule has 2 heterocycles. The van der Waals surface area contributed by atoms with E-state index in [1.165, 1.54) is 23.0 Å². The van der Waals surface area contributed by atoms with Gasteiger partial charge in [0.2, 0.25) is 0 Å². The summed E-state index contributed by atoms with van der Waals surface area (Å²) in [7, 11) is 1.27. The fourth-order valence-corrected chi connectivity index (χ4v) is 6.51. The molecule has 1 aliphatic heterocycles. The topological polar surface area (TPSA) is 115 Å². The van der Waals surface area contributed by atoms with Crippen LogP contribution in [-0.4, -0.2) is 43.4 Å². The van der Waals surface area contributed by atoms with Gasteiger partial charge in [-0.25, -0.2) is 14.6 Å². The molecule has 0 saturated carbocycles. The van der Waals surface area contributed by atoms with E-state index in [-0.39, 0.29) is 24.3 Å². The third kappa shape index (κ3) is 7.83. The molecule has 3 aromatic carbocycles. The van der Waals surface area contributed by atoms with Crippen molar-refractivity contribution >= 4 is 56.9 Å². The summed E-state index contributed by atoms with van der Waals surface area (Å²) in [6.45, 7) is 5.64. The molecule has 4 aromatic rings. The largest absolute Gasteiger partial charge is 0.490 e. The quantitative estimate of drug-likeness (QED) is 0.168. The minimum absolute atomic E-state index is 0.134. The standard InChI is InChI=1S/C35H32BrClN2O8S/c1-5-44-28-16-22(9-13-27(28)47-19-30(40)43-4)32-31(34(42)45-6-2)20(3)38-35-39(32)33(41)29(48-35)17-23-15-25(37)12-14-26(23)46-18-21-7-10-24(36)11-8-21/h7-17,32H,5-6,18-19H2,1-4H3/b29-17+/t32-/m0/s1. The van der Waals surface area contributed by atoms with Crippen LogP contribution in [0.4, 0.5) is 0 Å². The number of fused-ring (bicyclic) bond motifs is 1. The molecule has 250 valence electrons. The van der Waals surface area contributed by atoms with Crippen LogP contribution in [0.2, 0.25) is 5.02 Å². The lowest BCUT2D eigenvalue weighted by Gasteiger charge is -2.25. The van der Waals surface area contributed by atoms with E-state index < -0.39 is 18.0 Å². The Hall–Kier alpha value is -4.39. The summed E-state index contributed by atoms with van der Waals surface area (Å²) >= 11 is 11.0. The molecule has 13 heteroatoms. The van der Waals surface area contributed by atoms with Crippen LogP contribution in [0.25, 0.3) is 6.08 Å². The Morgan fingerprint density at radius 1 is 0.979 bits per heavy atom. The number of hydrogen-bond donors (Lipinski definition) is 0. The highest BCUT2D eigenvalue weighted by atomic mass is 79.9. The van der Waals surface area contributed by atoms with Crippen LogP contribution in [-0.2, 0) is 25.7 Å². The Morgan fingerprint density at radius 2 is 1.73 bits per heavy atom. The molecule has 10 nitrogen and oxygen atoms in total. The molecule has 0 spiro atoms. The summed E-state index contributed by atoms with van der Waals surface area (Å²) in [5, 5.41) is 0.473. The van der Waals surface area contributed by atoms with E-state index in [9.17, 15) is 14.4 Å². The van der Waals surface area contributed by atoms with E-state index in [0.29, 0.717) is 61.6 Å². The second-order valence-electron chi connectivity index (χ2n) is 10.4. The zero-order valence-electron chi connectivity index (χ0n) is 26.6. The zero-order valence-corrected chi connectivity index (χ0v) is 29.7. The van der Waals surface area contributed by atoms with Crippen molar-refractivity contribution in [3.63, 3.8) is 0 Å². The van der Waals surface area contributed by atoms with Crippen LogP contribution in [0.3, 0.4) is 0 Å².